The fourth-order valence-electron chi connectivity index (χ4n) is 5.94. The zero-order valence-corrected chi connectivity index (χ0v) is 18.3. The fraction of sp³-hybridized carbons (Fsp3) is 0.652. The van der Waals surface area contributed by atoms with Gasteiger partial charge in [0, 0.05) is 29.6 Å². The molecule has 4 aliphatic carbocycles. The molecule has 0 atom stereocenters. The first-order valence-corrected chi connectivity index (χ1v) is 10.7. The van der Waals surface area contributed by atoms with Crippen LogP contribution in [0.5, 0.6) is 0 Å². The second-order valence-electron chi connectivity index (χ2n) is 10.2. The number of carbonyl (C=O) groups is 2. The summed E-state index contributed by atoms with van der Waals surface area (Å²) in [7, 11) is 0. The van der Waals surface area contributed by atoms with E-state index < -0.39 is 5.54 Å². The molecule has 2 amide bonds. The van der Waals surface area contributed by atoms with Gasteiger partial charge in [-0.1, -0.05) is 12.1 Å². The van der Waals surface area contributed by atoms with Gasteiger partial charge in [0.15, 0.2) is 0 Å². The molecule has 4 bridgehead atoms. The molecule has 0 unspecified atom stereocenters. The molecular formula is C23H34ClN3O2. The first-order chi connectivity index (χ1) is 13.2. The van der Waals surface area contributed by atoms with E-state index in [4.69, 9.17) is 5.73 Å². The van der Waals surface area contributed by atoms with Gasteiger partial charge >= 0.3 is 0 Å². The minimum atomic E-state index is -0.433. The average Bonchev–Trinajstić information content (AvgIpc) is 2.63. The molecule has 5 rings (SSSR count). The lowest BCUT2D eigenvalue weighted by Crippen LogP contribution is -2.53. The lowest BCUT2D eigenvalue weighted by molar-refractivity contribution is -0.146. The van der Waals surface area contributed by atoms with E-state index in [2.05, 4.69) is 10.6 Å². The molecule has 1 aromatic rings. The zero-order valence-electron chi connectivity index (χ0n) is 17.5. The highest BCUT2D eigenvalue weighted by Crippen LogP contribution is 2.60. The van der Waals surface area contributed by atoms with Crippen LogP contribution in [0.4, 0.5) is 0 Å². The van der Waals surface area contributed by atoms with Crippen LogP contribution in [0.1, 0.15) is 68.3 Å². The summed E-state index contributed by atoms with van der Waals surface area (Å²) in [5.74, 6) is 2.44. The molecule has 5 nitrogen and oxygen atoms in total. The summed E-state index contributed by atoms with van der Waals surface area (Å²) < 4.78 is 0. The van der Waals surface area contributed by atoms with Crippen LogP contribution >= 0.6 is 12.4 Å². The first kappa shape index (κ1) is 22.1. The number of hydrogen-bond donors (Lipinski definition) is 3. The van der Waals surface area contributed by atoms with Gasteiger partial charge in [-0.15, -0.1) is 12.4 Å². The number of nitrogens with one attached hydrogen (secondary N) is 2. The van der Waals surface area contributed by atoms with Gasteiger partial charge in [-0.3, -0.25) is 9.59 Å². The van der Waals surface area contributed by atoms with Crippen molar-refractivity contribution in [3.63, 3.8) is 0 Å². The first-order valence-electron chi connectivity index (χ1n) is 10.7. The van der Waals surface area contributed by atoms with E-state index in [9.17, 15) is 9.59 Å². The summed E-state index contributed by atoms with van der Waals surface area (Å²) in [5.41, 5.74) is 7.00. The van der Waals surface area contributed by atoms with E-state index in [1.807, 2.05) is 38.1 Å². The lowest BCUT2D eigenvalue weighted by Gasteiger charge is -2.55. The van der Waals surface area contributed by atoms with Gasteiger partial charge in [-0.25, -0.2) is 0 Å². The number of halogens is 1. The number of rotatable bonds is 6. The van der Waals surface area contributed by atoms with E-state index in [1.165, 1.54) is 19.3 Å². The Hall–Kier alpha value is -1.59. The van der Waals surface area contributed by atoms with Crippen molar-refractivity contribution in [3.05, 3.63) is 35.4 Å². The van der Waals surface area contributed by atoms with Crippen molar-refractivity contribution in [2.45, 2.75) is 64.5 Å². The molecule has 0 radical (unpaired) electrons. The lowest BCUT2D eigenvalue weighted by atomic mass is 9.49. The minimum absolute atomic E-state index is 0. The van der Waals surface area contributed by atoms with Crippen LogP contribution in [0.3, 0.4) is 0 Å². The molecule has 4 saturated carbocycles. The van der Waals surface area contributed by atoms with Crippen LogP contribution in [0.15, 0.2) is 24.3 Å². The third-order valence-corrected chi connectivity index (χ3v) is 6.89. The van der Waals surface area contributed by atoms with Crippen LogP contribution in [-0.4, -0.2) is 23.9 Å². The molecule has 0 spiro atoms. The highest BCUT2D eigenvalue weighted by Gasteiger charge is 2.54. The third-order valence-electron chi connectivity index (χ3n) is 6.89. The quantitative estimate of drug-likeness (QED) is 0.660. The van der Waals surface area contributed by atoms with Crippen LogP contribution in [0.2, 0.25) is 0 Å². The van der Waals surface area contributed by atoms with Gasteiger partial charge in [-0.05, 0) is 87.8 Å². The molecule has 0 heterocycles. The molecule has 4 N–H and O–H groups in total. The van der Waals surface area contributed by atoms with Gasteiger partial charge in [-0.2, -0.15) is 0 Å². The normalized spacial score (nSPS) is 29.8. The van der Waals surface area contributed by atoms with Crippen molar-refractivity contribution in [1.29, 1.82) is 0 Å². The predicted molar refractivity (Wildman–Crippen MR) is 117 cm³/mol. The molecular weight excluding hydrogens is 386 g/mol. The Balaban J connectivity index is 0.00000240. The van der Waals surface area contributed by atoms with Crippen LogP contribution < -0.4 is 16.4 Å². The Bertz CT molecular complexity index is 719. The maximum atomic E-state index is 13.0. The molecule has 1 aromatic carbocycles. The Kier molecular flexibility index (Phi) is 6.30. The summed E-state index contributed by atoms with van der Waals surface area (Å²) >= 11 is 0. The Morgan fingerprint density at radius 2 is 1.52 bits per heavy atom. The van der Waals surface area contributed by atoms with Crippen molar-refractivity contribution in [3.8, 4) is 0 Å². The standard InChI is InChI=1S/C23H33N3O2.ClH/c1-22(2,24)14-26-20(27)19-5-3-15(4-6-19)13-25-21(28)23-10-16-7-17(11-23)9-18(8-16)12-23;/h3-6,16-18H,7-14,24H2,1-2H3,(H,25,28)(H,26,27);1H. The Labute approximate surface area is 180 Å². The van der Waals surface area contributed by atoms with Gasteiger partial charge < -0.3 is 16.4 Å². The predicted octanol–water partition coefficient (Wildman–Crippen LogP) is 3.41. The van der Waals surface area contributed by atoms with E-state index >= 15 is 0 Å². The van der Waals surface area contributed by atoms with E-state index in [-0.39, 0.29) is 29.6 Å². The van der Waals surface area contributed by atoms with Crippen LogP contribution in [-0.2, 0) is 11.3 Å². The molecule has 6 heteroatoms. The number of carbonyl (C=O) groups excluding carboxylic acids is 2. The number of nitrogens with two attached hydrogens (primary N) is 1. The second-order valence-corrected chi connectivity index (χ2v) is 10.2. The maximum absolute atomic E-state index is 13.0. The van der Waals surface area contributed by atoms with Crippen molar-refractivity contribution in [2.75, 3.05) is 6.54 Å². The average molecular weight is 420 g/mol. The maximum Gasteiger partial charge on any atom is 0.251 e. The van der Waals surface area contributed by atoms with Gasteiger partial charge in [0.05, 0.1) is 0 Å². The largest absolute Gasteiger partial charge is 0.352 e. The smallest absolute Gasteiger partial charge is 0.251 e. The number of hydrogen-bond acceptors (Lipinski definition) is 3. The topological polar surface area (TPSA) is 84.2 Å². The van der Waals surface area contributed by atoms with Gasteiger partial charge in [0.1, 0.15) is 0 Å². The highest BCUT2D eigenvalue weighted by atomic mass is 35.5. The molecule has 0 saturated heterocycles. The number of benzene rings is 1. The van der Waals surface area contributed by atoms with Gasteiger partial charge in [0.2, 0.25) is 5.91 Å². The van der Waals surface area contributed by atoms with Crippen molar-refractivity contribution in [1.82, 2.24) is 10.6 Å². The van der Waals surface area contributed by atoms with Crippen LogP contribution in [0, 0.1) is 23.2 Å². The molecule has 4 aliphatic rings. The van der Waals surface area contributed by atoms with E-state index in [0.717, 1.165) is 42.6 Å². The van der Waals surface area contributed by atoms with E-state index in [1.54, 1.807) is 0 Å². The third kappa shape index (κ3) is 4.95. The summed E-state index contributed by atoms with van der Waals surface area (Å²) in [4.78, 5) is 25.2. The Morgan fingerprint density at radius 3 is 2.00 bits per heavy atom. The molecule has 0 aliphatic heterocycles. The molecule has 160 valence electrons. The monoisotopic (exact) mass is 419 g/mol. The van der Waals surface area contributed by atoms with E-state index in [0.29, 0.717) is 18.7 Å². The van der Waals surface area contributed by atoms with Crippen molar-refractivity contribution >= 4 is 24.2 Å². The molecule has 4 fully saturated rings. The second kappa shape index (κ2) is 8.27. The van der Waals surface area contributed by atoms with Crippen LogP contribution in [0.25, 0.3) is 0 Å². The highest BCUT2D eigenvalue weighted by molar-refractivity contribution is 5.94. The summed E-state index contributed by atoms with van der Waals surface area (Å²) in [5, 5.41) is 6.04. The van der Waals surface area contributed by atoms with Crippen molar-refractivity contribution < 1.29 is 9.59 Å². The number of amides is 2. The van der Waals surface area contributed by atoms with Gasteiger partial charge in [0.25, 0.3) is 5.91 Å². The zero-order chi connectivity index (χ0) is 19.9. The fourth-order valence-corrected chi connectivity index (χ4v) is 5.94. The molecule has 29 heavy (non-hydrogen) atoms. The van der Waals surface area contributed by atoms with Crippen molar-refractivity contribution in [2.24, 2.45) is 28.9 Å². The molecule has 0 aromatic heterocycles. The minimum Gasteiger partial charge on any atom is -0.352 e. The Morgan fingerprint density at radius 1 is 1.00 bits per heavy atom. The summed E-state index contributed by atoms with van der Waals surface area (Å²) in [6, 6.07) is 7.46. The summed E-state index contributed by atoms with van der Waals surface area (Å²) in [6.45, 7) is 4.71. The SMILES string of the molecule is CC(C)(N)CNC(=O)c1ccc(CNC(=O)C23CC4CC(CC(C4)C2)C3)cc1.Cl. The summed E-state index contributed by atoms with van der Waals surface area (Å²) in [6.07, 6.45) is 7.29.